The van der Waals surface area contributed by atoms with Crippen molar-refractivity contribution < 1.29 is 0 Å². The second kappa shape index (κ2) is 5.99. The number of rotatable bonds is 5. The topological polar surface area (TPSA) is 68.8 Å². The van der Waals surface area contributed by atoms with Gasteiger partial charge in [-0.15, -0.1) is 16.9 Å². The van der Waals surface area contributed by atoms with E-state index >= 15 is 0 Å². The van der Waals surface area contributed by atoms with Gasteiger partial charge in [0.15, 0.2) is 0 Å². The van der Waals surface area contributed by atoms with Crippen LogP contribution in [0.4, 0.5) is 0 Å². The fourth-order valence-corrected chi connectivity index (χ4v) is 2.50. The van der Waals surface area contributed by atoms with Crippen molar-refractivity contribution in [2.24, 2.45) is 12.9 Å². The summed E-state index contributed by atoms with van der Waals surface area (Å²) in [6.07, 6.45) is 1.72. The molecule has 3 N–H and O–H groups in total. The third kappa shape index (κ3) is 2.72. The van der Waals surface area contributed by atoms with E-state index in [1.165, 1.54) is 4.90 Å². The zero-order valence-electron chi connectivity index (χ0n) is 10.5. The Morgan fingerprint density at radius 3 is 2.61 bits per heavy atom. The number of hydrazine groups is 1. The van der Waals surface area contributed by atoms with Crippen LogP contribution in [0.2, 0.25) is 0 Å². The molecule has 0 aliphatic heterocycles. The second-order valence-corrected chi connectivity index (χ2v) is 5.22. The highest BCUT2D eigenvalue weighted by Crippen LogP contribution is 2.23. The normalized spacial score (nSPS) is 12.6. The van der Waals surface area contributed by atoms with Crippen LogP contribution in [0.5, 0.6) is 0 Å². The minimum absolute atomic E-state index is 0.0920. The van der Waals surface area contributed by atoms with E-state index in [-0.39, 0.29) is 6.04 Å². The average molecular weight is 263 g/mol. The van der Waals surface area contributed by atoms with E-state index in [2.05, 4.69) is 46.9 Å². The molecule has 0 amide bonds. The lowest BCUT2D eigenvalue weighted by atomic mass is 10.1. The van der Waals surface area contributed by atoms with E-state index in [0.29, 0.717) is 0 Å². The van der Waals surface area contributed by atoms with Crippen molar-refractivity contribution >= 4 is 11.8 Å². The highest BCUT2D eigenvalue weighted by Gasteiger charge is 2.16. The van der Waals surface area contributed by atoms with Gasteiger partial charge in [0.05, 0.1) is 17.9 Å². The van der Waals surface area contributed by atoms with Gasteiger partial charge in [-0.1, -0.05) is 24.3 Å². The second-order valence-electron chi connectivity index (χ2n) is 3.88. The third-order valence-electron chi connectivity index (χ3n) is 2.74. The third-order valence-corrected chi connectivity index (χ3v) is 3.63. The van der Waals surface area contributed by atoms with Crippen LogP contribution in [-0.2, 0) is 7.05 Å². The highest BCUT2D eigenvalue weighted by atomic mass is 32.2. The number of nitrogens with zero attached hydrogens (tertiary/aromatic N) is 3. The summed E-state index contributed by atoms with van der Waals surface area (Å²) in [5, 5.41) is 7.80. The monoisotopic (exact) mass is 263 g/mol. The van der Waals surface area contributed by atoms with Gasteiger partial charge in [0.25, 0.3) is 0 Å². The molecule has 1 aromatic carbocycles. The van der Waals surface area contributed by atoms with Crippen LogP contribution >= 0.6 is 11.8 Å². The first kappa shape index (κ1) is 13.1. The number of hydrogen-bond acceptors (Lipinski definition) is 5. The molecule has 18 heavy (non-hydrogen) atoms. The van der Waals surface area contributed by atoms with Gasteiger partial charge >= 0.3 is 0 Å². The summed E-state index contributed by atoms with van der Waals surface area (Å²) in [6, 6.07) is 8.28. The zero-order valence-corrected chi connectivity index (χ0v) is 11.3. The SMILES string of the molecule is CCSc1ccc(C(NN)c2cnnn2C)cc1. The Bertz CT molecular complexity index is 493. The Morgan fingerprint density at radius 1 is 1.39 bits per heavy atom. The minimum Gasteiger partial charge on any atom is -0.271 e. The molecule has 6 heteroatoms. The van der Waals surface area contributed by atoms with E-state index < -0.39 is 0 Å². The molecule has 2 aromatic rings. The Kier molecular flexibility index (Phi) is 4.35. The zero-order chi connectivity index (χ0) is 13.0. The van der Waals surface area contributed by atoms with Gasteiger partial charge in [-0.3, -0.25) is 10.5 Å². The maximum Gasteiger partial charge on any atom is 0.0894 e. The minimum atomic E-state index is -0.0920. The number of aromatic nitrogens is 3. The number of thioether (sulfide) groups is 1. The van der Waals surface area contributed by atoms with E-state index in [9.17, 15) is 0 Å². The summed E-state index contributed by atoms with van der Waals surface area (Å²) in [5.74, 6) is 6.71. The Labute approximate surface area is 111 Å². The molecule has 0 aliphatic carbocycles. The number of nitrogens with one attached hydrogen (secondary N) is 1. The van der Waals surface area contributed by atoms with Crippen molar-refractivity contribution in [2.75, 3.05) is 5.75 Å². The molecule has 2 rings (SSSR count). The van der Waals surface area contributed by atoms with Crippen LogP contribution in [0.15, 0.2) is 35.4 Å². The maximum atomic E-state index is 5.64. The molecule has 1 heterocycles. The van der Waals surface area contributed by atoms with Crippen molar-refractivity contribution in [3.05, 3.63) is 41.7 Å². The van der Waals surface area contributed by atoms with Gasteiger partial charge in [-0.2, -0.15) is 0 Å². The maximum absolute atomic E-state index is 5.64. The van der Waals surface area contributed by atoms with E-state index in [1.807, 2.05) is 18.8 Å². The van der Waals surface area contributed by atoms with Crippen LogP contribution in [0.25, 0.3) is 0 Å². The van der Waals surface area contributed by atoms with E-state index in [0.717, 1.165) is 17.0 Å². The molecule has 1 aromatic heterocycles. The molecule has 1 unspecified atom stereocenters. The van der Waals surface area contributed by atoms with E-state index in [1.54, 1.807) is 10.9 Å². The predicted molar refractivity (Wildman–Crippen MR) is 73.0 cm³/mol. The molecule has 0 fully saturated rings. The molecule has 0 saturated carbocycles. The van der Waals surface area contributed by atoms with Crippen LogP contribution in [0.1, 0.15) is 24.2 Å². The molecule has 1 atom stereocenters. The molecule has 5 nitrogen and oxygen atoms in total. The summed E-state index contributed by atoms with van der Waals surface area (Å²) in [5.41, 5.74) is 4.84. The number of hydrogen-bond donors (Lipinski definition) is 2. The predicted octanol–water partition coefficient (Wildman–Crippen LogP) is 1.48. The Morgan fingerprint density at radius 2 is 2.11 bits per heavy atom. The summed E-state index contributed by atoms with van der Waals surface area (Å²) in [7, 11) is 1.86. The van der Waals surface area contributed by atoms with Gasteiger partial charge in [-0.25, -0.2) is 5.43 Å². The summed E-state index contributed by atoms with van der Waals surface area (Å²) < 4.78 is 1.72. The van der Waals surface area contributed by atoms with Crippen molar-refractivity contribution in [3.63, 3.8) is 0 Å². The first-order chi connectivity index (χ1) is 8.76. The van der Waals surface area contributed by atoms with Crippen LogP contribution in [0.3, 0.4) is 0 Å². The lowest BCUT2D eigenvalue weighted by Crippen LogP contribution is -2.30. The largest absolute Gasteiger partial charge is 0.271 e. The van der Waals surface area contributed by atoms with E-state index in [4.69, 9.17) is 5.84 Å². The summed E-state index contributed by atoms with van der Waals surface area (Å²) in [4.78, 5) is 1.26. The molecule has 0 radical (unpaired) electrons. The standard InChI is InChI=1S/C12H17N5S/c1-3-18-10-6-4-9(5-7-10)12(15-13)11-8-14-16-17(11)2/h4-8,12,15H,3,13H2,1-2H3. The lowest BCUT2D eigenvalue weighted by Gasteiger charge is -2.16. The van der Waals surface area contributed by atoms with Crippen LogP contribution in [-0.4, -0.2) is 20.7 Å². The summed E-state index contributed by atoms with van der Waals surface area (Å²) >= 11 is 1.82. The molecule has 0 bridgehead atoms. The quantitative estimate of drug-likeness (QED) is 0.486. The van der Waals surface area contributed by atoms with Crippen LogP contribution < -0.4 is 11.3 Å². The fraction of sp³-hybridized carbons (Fsp3) is 0.333. The number of nitrogens with two attached hydrogens (primary N) is 1. The molecule has 96 valence electrons. The lowest BCUT2D eigenvalue weighted by molar-refractivity contribution is 0.570. The van der Waals surface area contributed by atoms with Gasteiger partial charge in [-0.05, 0) is 23.4 Å². The van der Waals surface area contributed by atoms with Crippen LogP contribution in [0, 0.1) is 0 Å². The highest BCUT2D eigenvalue weighted by molar-refractivity contribution is 7.99. The molecule has 0 spiro atoms. The van der Waals surface area contributed by atoms with Crippen molar-refractivity contribution in [2.45, 2.75) is 17.9 Å². The number of aryl methyl sites for hydroxylation is 1. The number of benzene rings is 1. The van der Waals surface area contributed by atoms with Gasteiger partial charge in [0.1, 0.15) is 0 Å². The molecule has 0 aliphatic rings. The van der Waals surface area contributed by atoms with Gasteiger partial charge < -0.3 is 0 Å². The molecular formula is C12H17N5S. The first-order valence-electron chi connectivity index (χ1n) is 5.79. The Balaban J connectivity index is 2.25. The fourth-order valence-electron chi connectivity index (χ4n) is 1.83. The van der Waals surface area contributed by atoms with Crippen molar-refractivity contribution in [3.8, 4) is 0 Å². The summed E-state index contributed by atoms with van der Waals surface area (Å²) in [6.45, 7) is 2.14. The molecular weight excluding hydrogens is 246 g/mol. The first-order valence-corrected chi connectivity index (χ1v) is 6.78. The Hall–Kier alpha value is -1.37. The van der Waals surface area contributed by atoms with Crippen molar-refractivity contribution in [1.82, 2.24) is 20.4 Å². The van der Waals surface area contributed by atoms with Crippen molar-refractivity contribution in [1.29, 1.82) is 0 Å². The smallest absolute Gasteiger partial charge is 0.0894 e. The van der Waals surface area contributed by atoms with Gasteiger partial charge in [0.2, 0.25) is 0 Å². The van der Waals surface area contributed by atoms with Gasteiger partial charge in [0, 0.05) is 11.9 Å². The average Bonchev–Trinajstić information content (AvgIpc) is 2.79. The molecule has 0 saturated heterocycles.